The molecule has 1 aromatic rings. The average Bonchev–Trinajstić information content (AvgIpc) is 2.36. The van der Waals surface area contributed by atoms with Crippen LogP contribution in [0.3, 0.4) is 0 Å². The van der Waals surface area contributed by atoms with Gasteiger partial charge in [0.25, 0.3) is 0 Å². The molecule has 0 atom stereocenters. The van der Waals surface area contributed by atoms with Crippen molar-refractivity contribution in [1.82, 2.24) is 9.97 Å². The van der Waals surface area contributed by atoms with Crippen LogP contribution in [0.5, 0.6) is 0 Å². The quantitative estimate of drug-likeness (QED) is 0.614. The molecule has 0 radical (unpaired) electrons. The summed E-state index contributed by atoms with van der Waals surface area (Å²) in [5.74, 6) is 0.520. The zero-order valence-electron chi connectivity index (χ0n) is 5.69. The van der Waals surface area contributed by atoms with Gasteiger partial charge in [-0.05, 0) is 0 Å². The SMILES string of the molecule is Cl.Nc1ncnc2c1C=NC2. The Morgan fingerprint density at radius 3 is 2.91 bits per heavy atom. The largest absolute Gasteiger partial charge is 0.383 e. The van der Waals surface area contributed by atoms with Crippen LogP contribution in [0.2, 0.25) is 0 Å². The monoisotopic (exact) mass is 170 g/mol. The number of nitrogens with zero attached hydrogens (tertiary/aromatic N) is 3. The molecule has 0 bridgehead atoms. The van der Waals surface area contributed by atoms with E-state index in [2.05, 4.69) is 15.0 Å². The van der Waals surface area contributed by atoms with Gasteiger partial charge in [-0.15, -0.1) is 12.4 Å². The van der Waals surface area contributed by atoms with E-state index in [1.807, 2.05) is 0 Å². The van der Waals surface area contributed by atoms with Crippen molar-refractivity contribution >= 4 is 24.4 Å². The van der Waals surface area contributed by atoms with E-state index in [4.69, 9.17) is 5.73 Å². The van der Waals surface area contributed by atoms with Gasteiger partial charge in [-0.1, -0.05) is 0 Å². The first-order valence-corrected chi connectivity index (χ1v) is 2.97. The lowest BCUT2D eigenvalue weighted by molar-refractivity contribution is 0.997. The lowest BCUT2D eigenvalue weighted by Gasteiger charge is -1.96. The van der Waals surface area contributed by atoms with Crippen molar-refractivity contribution in [3.63, 3.8) is 0 Å². The summed E-state index contributed by atoms with van der Waals surface area (Å²) in [7, 11) is 0. The molecule has 0 saturated carbocycles. The number of fused-ring (bicyclic) bond motifs is 1. The molecular weight excluding hydrogens is 164 g/mol. The molecular formula is C6H7ClN4. The van der Waals surface area contributed by atoms with E-state index in [0.717, 1.165) is 11.3 Å². The van der Waals surface area contributed by atoms with Gasteiger partial charge in [0.1, 0.15) is 12.1 Å². The van der Waals surface area contributed by atoms with Crippen LogP contribution < -0.4 is 5.73 Å². The highest BCUT2D eigenvalue weighted by Crippen LogP contribution is 2.14. The molecule has 2 N–H and O–H groups in total. The first-order valence-electron chi connectivity index (χ1n) is 2.97. The Labute approximate surface area is 70.0 Å². The zero-order chi connectivity index (χ0) is 6.97. The smallest absolute Gasteiger partial charge is 0.135 e. The summed E-state index contributed by atoms with van der Waals surface area (Å²) in [6.45, 7) is 0.641. The Morgan fingerprint density at radius 2 is 2.18 bits per heavy atom. The molecule has 58 valence electrons. The molecule has 2 rings (SSSR count). The summed E-state index contributed by atoms with van der Waals surface area (Å²) >= 11 is 0. The van der Waals surface area contributed by atoms with E-state index < -0.39 is 0 Å². The van der Waals surface area contributed by atoms with Gasteiger partial charge in [0.2, 0.25) is 0 Å². The van der Waals surface area contributed by atoms with Crippen LogP contribution in [0.4, 0.5) is 5.82 Å². The van der Waals surface area contributed by atoms with Crippen molar-refractivity contribution in [1.29, 1.82) is 0 Å². The third kappa shape index (κ3) is 1.17. The molecule has 5 heteroatoms. The molecule has 1 aromatic heterocycles. The number of anilines is 1. The number of hydrogen-bond donors (Lipinski definition) is 1. The van der Waals surface area contributed by atoms with Crippen molar-refractivity contribution in [2.24, 2.45) is 4.99 Å². The van der Waals surface area contributed by atoms with Gasteiger partial charge in [-0.3, -0.25) is 4.99 Å². The molecule has 4 nitrogen and oxygen atoms in total. The van der Waals surface area contributed by atoms with Gasteiger partial charge in [0, 0.05) is 6.21 Å². The second-order valence-electron chi connectivity index (χ2n) is 2.09. The predicted octanol–water partition coefficient (Wildman–Crippen LogP) is 0.413. The Kier molecular flexibility index (Phi) is 2.05. The fourth-order valence-electron chi connectivity index (χ4n) is 0.938. The third-order valence-electron chi connectivity index (χ3n) is 1.46. The first-order chi connectivity index (χ1) is 4.88. The Bertz CT molecular complexity index is 297. The van der Waals surface area contributed by atoms with Crippen LogP contribution in [-0.4, -0.2) is 16.2 Å². The Morgan fingerprint density at radius 1 is 1.36 bits per heavy atom. The van der Waals surface area contributed by atoms with Crippen LogP contribution in [-0.2, 0) is 6.54 Å². The summed E-state index contributed by atoms with van der Waals surface area (Å²) in [5, 5.41) is 0. The van der Waals surface area contributed by atoms with E-state index in [-0.39, 0.29) is 12.4 Å². The molecule has 0 aliphatic carbocycles. The van der Waals surface area contributed by atoms with E-state index in [1.54, 1.807) is 6.21 Å². The molecule has 11 heavy (non-hydrogen) atoms. The van der Waals surface area contributed by atoms with Gasteiger partial charge in [-0.25, -0.2) is 9.97 Å². The molecule has 0 amide bonds. The number of aliphatic imine (C=N–C) groups is 1. The molecule has 0 spiro atoms. The highest BCUT2D eigenvalue weighted by molar-refractivity contribution is 5.88. The number of nitrogen functional groups attached to an aromatic ring is 1. The highest BCUT2D eigenvalue weighted by Gasteiger charge is 2.09. The molecule has 0 fully saturated rings. The van der Waals surface area contributed by atoms with E-state index in [0.29, 0.717) is 12.4 Å². The summed E-state index contributed by atoms with van der Waals surface area (Å²) in [5.41, 5.74) is 7.33. The second-order valence-corrected chi connectivity index (χ2v) is 2.09. The maximum absolute atomic E-state index is 5.53. The summed E-state index contributed by atoms with van der Waals surface area (Å²) in [6, 6.07) is 0. The van der Waals surface area contributed by atoms with E-state index >= 15 is 0 Å². The van der Waals surface area contributed by atoms with Crippen LogP contribution in [0.25, 0.3) is 0 Å². The number of rotatable bonds is 0. The first kappa shape index (κ1) is 7.94. The van der Waals surface area contributed by atoms with Crippen molar-refractivity contribution in [3.05, 3.63) is 17.6 Å². The molecule has 0 aromatic carbocycles. The predicted molar refractivity (Wildman–Crippen MR) is 45.0 cm³/mol. The normalized spacial score (nSPS) is 12.4. The lowest BCUT2D eigenvalue weighted by atomic mass is 10.2. The Balaban J connectivity index is 0.000000605. The summed E-state index contributed by atoms with van der Waals surface area (Å²) in [4.78, 5) is 11.8. The zero-order valence-corrected chi connectivity index (χ0v) is 6.51. The average molecular weight is 171 g/mol. The molecule has 0 unspecified atom stereocenters. The minimum absolute atomic E-state index is 0. The minimum Gasteiger partial charge on any atom is -0.383 e. The Hall–Kier alpha value is -1.16. The van der Waals surface area contributed by atoms with E-state index in [1.165, 1.54) is 6.33 Å². The van der Waals surface area contributed by atoms with Crippen LogP contribution in [0.1, 0.15) is 11.3 Å². The topological polar surface area (TPSA) is 64.2 Å². The maximum atomic E-state index is 5.53. The minimum atomic E-state index is 0. The number of aromatic nitrogens is 2. The van der Waals surface area contributed by atoms with Crippen LogP contribution in [0, 0.1) is 0 Å². The van der Waals surface area contributed by atoms with Gasteiger partial charge in [0.05, 0.1) is 17.8 Å². The number of halogens is 1. The number of nitrogens with two attached hydrogens (primary N) is 1. The second kappa shape index (κ2) is 2.84. The van der Waals surface area contributed by atoms with Gasteiger partial charge in [-0.2, -0.15) is 0 Å². The van der Waals surface area contributed by atoms with Crippen molar-refractivity contribution in [2.75, 3.05) is 5.73 Å². The van der Waals surface area contributed by atoms with Gasteiger partial charge >= 0.3 is 0 Å². The van der Waals surface area contributed by atoms with E-state index in [9.17, 15) is 0 Å². The fraction of sp³-hybridized carbons (Fsp3) is 0.167. The fourth-order valence-corrected chi connectivity index (χ4v) is 0.938. The lowest BCUT2D eigenvalue weighted by Crippen LogP contribution is -1.99. The molecule has 0 saturated heterocycles. The van der Waals surface area contributed by atoms with Crippen LogP contribution >= 0.6 is 12.4 Å². The van der Waals surface area contributed by atoms with Gasteiger partial charge < -0.3 is 5.73 Å². The van der Waals surface area contributed by atoms with Crippen LogP contribution in [0.15, 0.2) is 11.3 Å². The number of hydrogen-bond acceptors (Lipinski definition) is 4. The standard InChI is InChI=1S/C6H6N4.ClH/c7-6-4-1-8-2-5(4)9-3-10-6;/h1,3H,2H2,(H2,7,9,10);1H. The molecule has 2 heterocycles. The van der Waals surface area contributed by atoms with Crippen molar-refractivity contribution in [2.45, 2.75) is 6.54 Å². The molecule has 1 aliphatic rings. The third-order valence-corrected chi connectivity index (χ3v) is 1.46. The molecule has 1 aliphatic heterocycles. The van der Waals surface area contributed by atoms with Crippen molar-refractivity contribution in [3.8, 4) is 0 Å². The summed E-state index contributed by atoms with van der Waals surface area (Å²) in [6.07, 6.45) is 3.17. The summed E-state index contributed by atoms with van der Waals surface area (Å²) < 4.78 is 0. The highest BCUT2D eigenvalue weighted by atomic mass is 35.5. The van der Waals surface area contributed by atoms with Crippen molar-refractivity contribution < 1.29 is 0 Å². The van der Waals surface area contributed by atoms with Gasteiger partial charge in [0.15, 0.2) is 0 Å². The maximum Gasteiger partial charge on any atom is 0.135 e.